The maximum atomic E-state index is 12.0. The number of methoxy groups -OCH3 is 1. The molecule has 0 spiro atoms. The largest absolute Gasteiger partial charge is 0.480 e. The maximum absolute atomic E-state index is 12.0. The Balaban J connectivity index is 2.84. The standard InChI is InChI=1S/C13H16ClN3O3/c1-4-7(5-2)17-10-9(12(18)20-3)8(14)6-15-11(10)16-13(17)19/h6-7H,4-5H2,1-3H3,(H,15,16,19). The number of esters is 1. The first-order valence-corrected chi connectivity index (χ1v) is 6.76. The smallest absolute Gasteiger partial charge is 0.341 e. The Bertz CT molecular complexity index is 650. The molecule has 2 rings (SSSR count). The van der Waals surface area contributed by atoms with Gasteiger partial charge in [-0.25, -0.2) is 9.78 Å². The summed E-state index contributed by atoms with van der Waals surface area (Å²) >= 11 is 6.06. The van der Waals surface area contributed by atoms with Crippen LogP contribution >= 0.6 is 11.6 Å². The van der Waals surface area contributed by atoms with Gasteiger partial charge in [-0.2, -0.15) is 4.98 Å². The SMILES string of the molecule is CCC(CC)n1c(O)nc2ncc(Cl)c(C(=O)OC)c21. The van der Waals surface area contributed by atoms with Crippen molar-refractivity contribution in [1.82, 2.24) is 14.5 Å². The molecule has 2 heterocycles. The van der Waals surface area contributed by atoms with E-state index in [1.165, 1.54) is 13.3 Å². The van der Waals surface area contributed by atoms with Gasteiger partial charge in [-0.15, -0.1) is 0 Å². The molecule has 0 saturated heterocycles. The van der Waals surface area contributed by atoms with Crippen molar-refractivity contribution in [3.8, 4) is 6.01 Å². The van der Waals surface area contributed by atoms with E-state index in [2.05, 4.69) is 9.97 Å². The number of halogens is 1. The molecular formula is C13H16ClN3O3. The average Bonchev–Trinajstić information content (AvgIpc) is 2.77. The molecule has 0 amide bonds. The Labute approximate surface area is 121 Å². The highest BCUT2D eigenvalue weighted by Gasteiger charge is 2.25. The van der Waals surface area contributed by atoms with Gasteiger partial charge in [-0.3, -0.25) is 4.57 Å². The minimum Gasteiger partial charge on any atom is -0.480 e. The molecule has 2 aromatic rings. The van der Waals surface area contributed by atoms with E-state index in [0.717, 1.165) is 12.8 Å². The lowest BCUT2D eigenvalue weighted by atomic mass is 10.1. The number of hydrogen-bond donors (Lipinski definition) is 1. The van der Waals surface area contributed by atoms with E-state index in [4.69, 9.17) is 16.3 Å². The van der Waals surface area contributed by atoms with E-state index < -0.39 is 5.97 Å². The number of imidazole rings is 1. The number of pyridine rings is 1. The molecule has 0 bridgehead atoms. The summed E-state index contributed by atoms with van der Waals surface area (Å²) in [5, 5.41) is 10.2. The Morgan fingerprint density at radius 3 is 2.70 bits per heavy atom. The number of hydrogen-bond acceptors (Lipinski definition) is 5. The summed E-state index contributed by atoms with van der Waals surface area (Å²) < 4.78 is 6.36. The molecule has 20 heavy (non-hydrogen) atoms. The lowest BCUT2D eigenvalue weighted by molar-refractivity contribution is 0.0602. The van der Waals surface area contributed by atoms with E-state index in [0.29, 0.717) is 5.52 Å². The first-order valence-electron chi connectivity index (χ1n) is 6.38. The van der Waals surface area contributed by atoms with Crippen LogP contribution < -0.4 is 0 Å². The number of carbonyl (C=O) groups is 1. The van der Waals surface area contributed by atoms with Crippen LogP contribution in [-0.4, -0.2) is 32.7 Å². The minimum atomic E-state index is -0.575. The molecular weight excluding hydrogens is 282 g/mol. The predicted octanol–water partition coefficient (Wildman–Crippen LogP) is 2.94. The third kappa shape index (κ3) is 2.20. The van der Waals surface area contributed by atoms with Crippen molar-refractivity contribution in [2.75, 3.05) is 7.11 Å². The highest BCUT2D eigenvalue weighted by atomic mass is 35.5. The van der Waals surface area contributed by atoms with E-state index in [1.54, 1.807) is 4.57 Å². The number of ether oxygens (including phenoxy) is 1. The zero-order chi connectivity index (χ0) is 14.9. The van der Waals surface area contributed by atoms with Crippen molar-refractivity contribution < 1.29 is 14.6 Å². The summed E-state index contributed by atoms with van der Waals surface area (Å²) in [7, 11) is 1.28. The summed E-state index contributed by atoms with van der Waals surface area (Å²) in [5.41, 5.74) is 0.869. The summed E-state index contributed by atoms with van der Waals surface area (Å²) in [6, 6.07) is -0.169. The van der Waals surface area contributed by atoms with Crippen molar-refractivity contribution in [3.63, 3.8) is 0 Å². The third-order valence-electron chi connectivity index (χ3n) is 3.35. The van der Waals surface area contributed by atoms with E-state index in [9.17, 15) is 9.90 Å². The third-order valence-corrected chi connectivity index (χ3v) is 3.63. The van der Waals surface area contributed by atoms with Crippen molar-refractivity contribution in [2.45, 2.75) is 32.7 Å². The van der Waals surface area contributed by atoms with Gasteiger partial charge >= 0.3 is 5.97 Å². The van der Waals surface area contributed by atoms with Gasteiger partial charge in [0.15, 0.2) is 5.65 Å². The molecule has 0 aliphatic rings. The molecule has 2 aromatic heterocycles. The maximum Gasteiger partial charge on any atom is 0.341 e. The van der Waals surface area contributed by atoms with Gasteiger partial charge in [0.05, 0.1) is 12.1 Å². The van der Waals surface area contributed by atoms with Crippen LogP contribution in [0.1, 0.15) is 43.1 Å². The van der Waals surface area contributed by atoms with Crippen LogP contribution in [0.3, 0.4) is 0 Å². The molecule has 7 heteroatoms. The van der Waals surface area contributed by atoms with Crippen LogP contribution in [0.25, 0.3) is 11.2 Å². The molecule has 6 nitrogen and oxygen atoms in total. The van der Waals surface area contributed by atoms with Crippen LogP contribution in [0.5, 0.6) is 6.01 Å². The number of fused-ring (bicyclic) bond motifs is 1. The van der Waals surface area contributed by atoms with Gasteiger partial charge in [0.1, 0.15) is 11.1 Å². The molecule has 0 fully saturated rings. The monoisotopic (exact) mass is 297 g/mol. The van der Waals surface area contributed by atoms with Gasteiger partial charge in [-0.1, -0.05) is 25.4 Å². The molecule has 0 radical (unpaired) electrons. The second kappa shape index (κ2) is 5.66. The number of aromatic nitrogens is 3. The zero-order valence-corrected chi connectivity index (χ0v) is 12.3. The summed E-state index contributed by atoms with van der Waals surface area (Å²) in [4.78, 5) is 20.0. The van der Waals surface area contributed by atoms with Crippen molar-refractivity contribution in [2.24, 2.45) is 0 Å². The Morgan fingerprint density at radius 2 is 2.15 bits per heavy atom. The van der Waals surface area contributed by atoms with Gasteiger partial charge in [0.2, 0.25) is 0 Å². The second-order valence-electron chi connectivity index (χ2n) is 4.40. The fourth-order valence-corrected chi connectivity index (χ4v) is 2.54. The molecule has 0 aliphatic heterocycles. The summed E-state index contributed by atoms with van der Waals surface area (Å²) in [6.45, 7) is 3.99. The molecule has 0 aliphatic carbocycles. The molecule has 0 unspecified atom stereocenters. The summed E-state index contributed by atoms with van der Waals surface area (Å²) in [6.07, 6.45) is 2.89. The Kier molecular flexibility index (Phi) is 4.13. The van der Waals surface area contributed by atoms with Crippen molar-refractivity contribution in [3.05, 3.63) is 16.8 Å². The molecule has 0 atom stereocenters. The number of aromatic hydroxyl groups is 1. The normalized spacial score (nSPS) is 11.2. The second-order valence-corrected chi connectivity index (χ2v) is 4.80. The quantitative estimate of drug-likeness (QED) is 0.878. The van der Waals surface area contributed by atoms with Gasteiger partial charge in [0, 0.05) is 12.2 Å². The fraction of sp³-hybridized carbons (Fsp3) is 0.462. The Hall–Kier alpha value is -1.82. The number of rotatable bonds is 4. The number of carbonyl (C=O) groups excluding carboxylic acids is 1. The predicted molar refractivity (Wildman–Crippen MR) is 75.2 cm³/mol. The van der Waals surface area contributed by atoms with Crippen LogP contribution in [-0.2, 0) is 4.74 Å². The van der Waals surface area contributed by atoms with Crippen molar-refractivity contribution >= 4 is 28.7 Å². The van der Waals surface area contributed by atoms with Crippen LogP contribution in [0, 0.1) is 0 Å². The van der Waals surface area contributed by atoms with Crippen LogP contribution in [0.4, 0.5) is 0 Å². The first kappa shape index (κ1) is 14.6. The van der Waals surface area contributed by atoms with Gasteiger partial charge in [0.25, 0.3) is 6.01 Å². The molecule has 108 valence electrons. The lowest BCUT2D eigenvalue weighted by Gasteiger charge is -2.17. The fourth-order valence-electron chi connectivity index (χ4n) is 2.32. The van der Waals surface area contributed by atoms with E-state index in [1.807, 2.05) is 13.8 Å². The highest BCUT2D eigenvalue weighted by Crippen LogP contribution is 2.33. The minimum absolute atomic E-state index is 0.00340. The molecule has 0 saturated carbocycles. The highest BCUT2D eigenvalue weighted by molar-refractivity contribution is 6.34. The number of nitrogens with zero attached hydrogens (tertiary/aromatic N) is 3. The van der Waals surface area contributed by atoms with E-state index in [-0.39, 0.29) is 28.3 Å². The summed E-state index contributed by atoms with van der Waals surface area (Å²) in [5.74, 6) is -0.575. The van der Waals surface area contributed by atoms with Gasteiger partial charge in [-0.05, 0) is 12.8 Å². The van der Waals surface area contributed by atoms with E-state index >= 15 is 0 Å². The van der Waals surface area contributed by atoms with Gasteiger partial charge < -0.3 is 9.84 Å². The molecule has 1 N–H and O–H groups in total. The molecule has 0 aromatic carbocycles. The lowest BCUT2D eigenvalue weighted by Crippen LogP contribution is -2.11. The topological polar surface area (TPSA) is 77.2 Å². The van der Waals surface area contributed by atoms with Crippen molar-refractivity contribution in [1.29, 1.82) is 0 Å². The average molecular weight is 298 g/mol. The van der Waals surface area contributed by atoms with Crippen LogP contribution in [0.2, 0.25) is 5.02 Å². The zero-order valence-electron chi connectivity index (χ0n) is 11.6. The van der Waals surface area contributed by atoms with Crippen LogP contribution in [0.15, 0.2) is 6.20 Å². The first-order chi connectivity index (χ1) is 9.54. The Morgan fingerprint density at radius 1 is 1.50 bits per heavy atom.